The molecule has 13 heavy (non-hydrogen) atoms. The normalized spacial score (nSPS) is 12.2. The zero-order valence-electron chi connectivity index (χ0n) is 7.90. The summed E-state index contributed by atoms with van der Waals surface area (Å²) in [4.78, 5) is 4.24. The number of rotatable bonds is 0. The van der Waals surface area contributed by atoms with E-state index in [1.165, 1.54) is 0 Å². The first-order valence-corrected chi connectivity index (χ1v) is 4.16. The number of hydrogen-bond acceptors (Lipinski definition) is 4. The zero-order chi connectivity index (χ0) is 9.47. The molecular weight excluding hydrogens is 166 g/mol. The van der Waals surface area contributed by atoms with Crippen LogP contribution in [-0.4, -0.2) is 15.2 Å². The van der Waals surface area contributed by atoms with E-state index in [-0.39, 0.29) is 5.41 Å². The Morgan fingerprint density at radius 3 is 2.69 bits per heavy atom. The lowest BCUT2D eigenvalue weighted by Crippen LogP contribution is -2.11. The second-order valence-electron chi connectivity index (χ2n) is 3.99. The monoisotopic (exact) mass is 177 g/mol. The Balaban J connectivity index is 2.63. The van der Waals surface area contributed by atoms with Gasteiger partial charge in [-0.15, -0.1) is 5.10 Å². The van der Waals surface area contributed by atoms with Crippen molar-refractivity contribution in [2.24, 2.45) is 0 Å². The van der Waals surface area contributed by atoms with E-state index >= 15 is 0 Å². The Bertz CT molecular complexity index is 395. The van der Waals surface area contributed by atoms with Crippen LogP contribution in [0.4, 0.5) is 0 Å². The highest BCUT2D eigenvalue weighted by Crippen LogP contribution is 2.23. The maximum absolute atomic E-state index is 5.52. The van der Waals surface area contributed by atoms with E-state index in [9.17, 15) is 0 Å². The van der Waals surface area contributed by atoms with Crippen molar-refractivity contribution < 1.29 is 4.42 Å². The first kappa shape index (κ1) is 8.16. The van der Waals surface area contributed by atoms with Gasteiger partial charge in [-0.25, -0.2) is 0 Å². The standard InChI is InChI=1S/C9H11N3O/c1-9(2,3)8-11-7-6(13-8)4-5-10-12-7/h4-5H,1-3H3. The van der Waals surface area contributed by atoms with Gasteiger partial charge in [-0.2, -0.15) is 10.1 Å². The maximum atomic E-state index is 5.52. The molecule has 0 spiro atoms. The number of oxazole rings is 1. The highest BCUT2D eigenvalue weighted by Gasteiger charge is 2.21. The molecule has 0 aliphatic carbocycles. The van der Waals surface area contributed by atoms with Crippen LogP contribution in [0.3, 0.4) is 0 Å². The van der Waals surface area contributed by atoms with E-state index in [0.717, 1.165) is 0 Å². The number of hydrogen-bond donors (Lipinski definition) is 0. The number of fused-ring (bicyclic) bond motifs is 1. The Hall–Kier alpha value is -1.45. The molecule has 0 aromatic carbocycles. The van der Waals surface area contributed by atoms with E-state index in [0.29, 0.717) is 17.1 Å². The van der Waals surface area contributed by atoms with Crippen LogP contribution >= 0.6 is 0 Å². The van der Waals surface area contributed by atoms with Gasteiger partial charge in [0.25, 0.3) is 0 Å². The molecule has 0 N–H and O–H groups in total. The fourth-order valence-corrected chi connectivity index (χ4v) is 1.01. The van der Waals surface area contributed by atoms with E-state index in [4.69, 9.17) is 4.42 Å². The van der Waals surface area contributed by atoms with Crippen molar-refractivity contribution in [3.8, 4) is 0 Å². The second-order valence-corrected chi connectivity index (χ2v) is 3.99. The van der Waals surface area contributed by atoms with Crippen molar-refractivity contribution >= 4 is 11.2 Å². The molecule has 68 valence electrons. The third kappa shape index (κ3) is 1.39. The van der Waals surface area contributed by atoms with Gasteiger partial charge >= 0.3 is 0 Å². The van der Waals surface area contributed by atoms with E-state index in [1.54, 1.807) is 12.3 Å². The number of nitrogens with zero attached hydrogens (tertiary/aromatic N) is 3. The smallest absolute Gasteiger partial charge is 0.220 e. The van der Waals surface area contributed by atoms with Crippen LogP contribution in [0, 0.1) is 0 Å². The van der Waals surface area contributed by atoms with Crippen LogP contribution in [-0.2, 0) is 5.41 Å². The van der Waals surface area contributed by atoms with Crippen LogP contribution in [0.15, 0.2) is 16.7 Å². The van der Waals surface area contributed by atoms with Gasteiger partial charge in [-0.3, -0.25) is 0 Å². The van der Waals surface area contributed by atoms with Gasteiger partial charge < -0.3 is 4.42 Å². The SMILES string of the molecule is CC(C)(C)c1nc2nnccc2o1. The molecule has 0 aliphatic rings. The first-order chi connectivity index (χ1) is 6.07. The van der Waals surface area contributed by atoms with Gasteiger partial charge in [0.05, 0.1) is 6.20 Å². The van der Waals surface area contributed by atoms with Crippen LogP contribution in [0.2, 0.25) is 0 Å². The van der Waals surface area contributed by atoms with Gasteiger partial charge in [-0.05, 0) is 0 Å². The molecule has 0 radical (unpaired) electrons. The minimum atomic E-state index is -0.0826. The predicted octanol–water partition coefficient (Wildman–Crippen LogP) is 1.92. The molecule has 4 nitrogen and oxygen atoms in total. The van der Waals surface area contributed by atoms with Crippen molar-refractivity contribution in [1.82, 2.24) is 15.2 Å². The molecule has 2 aromatic rings. The average molecular weight is 177 g/mol. The van der Waals surface area contributed by atoms with Crippen LogP contribution in [0.5, 0.6) is 0 Å². The fraction of sp³-hybridized carbons (Fsp3) is 0.444. The summed E-state index contributed by atoms with van der Waals surface area (Å²) in [5, 5.41) is 7.60. The maximum Gasteiger partial charge on any atom is 0.220 e. The summed E-state index contributed by atoms with van der Waals surface area (Å²) < 4.78 is 5.52. The van der Waals surface area contributed by atoms with Crippen molar-refractivity contribution in [2.75, 3.05) is 0 Å². The highest BCUT2D eigenvalue weighted by atomic mass is 16.3. The van der Waals surface area contributed by atoms with Crippen molar-refractivity contribution in [1.29, 1.82) is 0 Å². The molecule has 0 saturated carbocycles. The van der Waals surface area contributed by atoms with Crippen molar-refractivity contribution in [3.05, 3.63) is 18.2 Å². The lowest BCUT2D eigenvalue weighted by Gasteiger charge is -2.11. The van der Waals surface area contributed by atoms with Crippen LogP contribution < -0.4 is 0 Å². The Labute approximate surface area is 76.0 Å². The molecule has 2 aromatic heterocycles. The number of aromatic nitrogens is 3. The molecule has 0 bridgehead atoms. The topological polar surface area (TPSA) is 51.8 Å². The largest absolute Gasteiger partial charge is 0.438 e. The van der Waals surface area contributed by atoms with Gasteiger partial charge in [0.15, 0.2) is 5.58 Å². The molecule has 0 fully saturated rings. The minimum Gasteiger partial charge on any atom is -0.438 e. The van der Waals surface area contributed by atoms with E-state index in [2.05, 4.69) is 15.2 Å². The third-order valence-corrected chi connectivity index (χ3v) is 1.72. The summed E-state index contributed by atoms with van der Waals surface area (Å²) in [5.74, 6) is 0.697. The van der Waals surface area contributed by atoms with E-state index in [1.807, 2.05) is 20.8 Å². The molecule has 0 aliphatic heterocycles. The predicted molar refractivity (Wildman–Crippen MR) is 48.3 cm³/mol. The minimum absolute atomic E-state index is 0.0826. The molecule has 2 heterocycles. The Morgan fingerprint density at radius 1 is 1.31 bits per heavy atom. The molecule has 2 rings (SSSR count). The lowest BCUT2D eigenvalue weighted by molar-refractivity contribution is 0.411. The van der Waals surface area contributed by atoms with Gasteiger partial charge in [0.2, 0.25) is 11.5 Å². The van der Waals surface area contributed by atoms with Crippen LogP contribution in [0.25, 0.3) is 11.2 Å². The summed E-state index contributed by atoms with van der Waals surface area (Å²) in [6, 6.07) is 1.77. The molecule has 0 amide bonds. The highest BCUT2D eigenvalue weighted by molar-refractivity contribution is 5.66. The molecule has 4 heteroatoms. The first-order valence-electron chi connectivity index (χ1n) is 4.16. The second kappa shape index (κ2) is 2.52. The van der Waals surface area contributed by atoms with Gasteiger partial charge in [0, 0.05) is 11.5 Å². The summed E-state index contributed by atoms with van der Waals surface area (Å²) >= 11 is 0. The lowest BCUT2D eigenvalue weighted by atomic mass is 9.97. The quantitative estimate of drug-likeness (QED) is 0.616. The van der Waals surface area contributed by atoms with Gasteiger partial charge in [0.1, 0.15) is 0 Å². The van der Waals surface area contributed by atoms with Crippen molar-refractivity contribution in [3.63, 3.8) is 0 Å². The zero-order valence-corrected chi connectivity index (χ0v) is 7.90. The molecular formula is C9H11N3O. The summed E-state index contributed by atoms with van der Waals surface area (Å²) in [7, 11) is 0. The van der Waals surface area contributed by atoms with E-state index < -0.39 is 0 Å². The fourth-order valence-electron chi connectivity index (χ4n) is 1.01. The molecule has 0 saturated heterocycles. The third-order valence-electron chi connectivity index (χ3n) is 1.72. The Morgan fingerprint density at radius 2 is 2.08 bits per heavy atom. The molecule has 0 atom stereocenters. The van der Waals surface area contributed by atoms with Crippen LogP contribution in [0.1, 0.15) is 26.7 Å². The Kier molecular flexibility index (Phi) is 1.58. The average Bonchev–Trinajstić information content (AvgIpc) is 2.45. The van der Waals surface area contributed by atoms with Gasteiger partial charge in [-0.1, -0.05) is 20.8 Å². The summed E-state index contributed by atoms with van der Waals surface area (Å²) in [5.41, 5.74) is 1.19. The summed E-state index contributed by atoms with van der Waals surface area (Å²) in [6.07, 6.45) is 1.60. The molecule has 0 unspecified atom stereocenters. The summed E-state index contributed by atoms with van der Waals surface area (Å²) in [6.45, 7) is 6.14. The van der Waals surface area contributed by atoms with Crippen molar-refractivity contribution in [2.45, 2.75) is 26.2 Å².